The maximum Gasteiger partial charge on any atom is 0.344 e. The Labute approximate surface area is 91.6 Å². The summed E-state index contributed by atoms with van der Waals surface area (Å²) in [6.45, 7) is 1.24. The van der Waals surface area contributed by atoms with E-state index in [1.165, 1.54) is 6.92 Å². The molecule has 0 spiro atoms. The van der Waals surface area contributed by atoms with E-state index in [2.05, 4.69) is 0 Å². The van der Waals surface area contributed by atoms with E-state index >= 15 is 0 Å². The minimum atomic E-state index is -4.60. The number of hydrogen-bond donors (Lipinski definition) is 5. The molecule has 16 heavy (non-hydrogen) atoms. The summed E-state index contributed by atoms with van der Waals surface area (Å²) in [5, 5.41) is 0. The first-order valence-electron chi connectivity index (χ1n) is 4.06. The molecule has 1 atom stereocenters. The second kappa shape index (κ2) is 5.37. The van der Waals surface area contributed by atoms with E-state index in [0.717, 1.165) is 0 Å². The van der Waals surface area contributed by atoms with Gasteiger partial charge in [-0.25, -0.2) is 0 Å². The van der Waals surface area contributed by atoms with Crippen molar-refractivity contribution < 1.29 is 33.5 Å². The number of rotatable bonds is 5. The highest BCUT2D eigenvalue weighted by Gasteiger charge is 2.30. The van der Waals surface area contributed by atoms with Gasteiger partial charge in [0, 0.05) is 0 Å². The number of nitrogens with two attached hydrogens (primary N) is 1. The van der Waals surface area contributed by atoms with Crippen molar-refractivity contribution in [3.05, 3.63) is 0 Å². The first-order chi connectivity index (χ1) is 6.92. The predicted octanol–water partition coefficient (Wildman–Crippen LogP) is -1.57. The summed E-state index contributed by atoms with van der Waals surface area (Å²) < 4.78 is 21.3. The summed E-state index contributed by atoms with van der Waals surface area (Å²) in [7, 11) is -9.19. The van der Waals surface area contributed by atoms with Gasteiger partial charge in [0.1, 0.15) is 12.6 Å². The Kier molecular flexibility index (Phi) is 5.28. The van der Waals surface area contributed by atoms with Crippen LogP contribution in [0.1, 0.15) is 6.92 Å². The molecule has 0 aliphatic rings. The average Bonchev–Trinajstić information content (AvgIpc) is 1.95. The molecule has 9 nitrogen and oxygen atoms in total. The average molecular weight is 276 g/mol. The van der Waals surface area contributed by atoms with Gasteiger partial charge in [0.15, 0.2) is 0 Å². The lowest BCUT2D eigenvalue weighted by atomic mass is 10.3. The number of carbonyl (C=O) groups is 1. The van der Waals surface area contributed by atoms with Crippen LogP contribution < -0.4 is 5.73 Å². The second-order valence-corrected chi connectivity index (χ2v) is 6.50. The van der Waals surface area contributed by atoms with E-state index in [1.807, 2.05) is 0 Å². The number of carbonyl (C=O) groups excluding carboxylic acids is 1. The molecule has 1 amide bonds. The quantitative estimate of drug-likeness (QED) is 0.376. The van der Waals surface area contributed by atoms with Crippen LogP contribution in [0.15, 0.2) is 0 Å². The third-order valence-corrected chi connectivity index (χ3v) is 2.83. The van der Waals surface area contributed by atoms with Crippen LogP contribution >= 0.6 is 15.2 Å². The SMILES string of the molecule is C[C@H](N)C(=O)N(CP(=O)(O)O)CP(=O)(O)O. The summed E-state index contributed by atoms with van der Waals surface area (Å²) in [6, 6.07) is -1.10. The number of hydrogen-bond acceptors (Lipinski definition) is 4. The van der Waals surface area contributed by atoms with Crippen molar-refractivity contribution in [2.24, 2.45) is 5.73 Å². The molecule has 0 aliphatic carbocycles. The summed E-state index contributed by atoms with van der Waals surface area (Å²) in [5.41, 5.74) is 5.18. The van der Waals surface area contributed by atoms with Crippen molar-refractivity contribution in [1.82, 2.24) is 4.90 Å². The number of amides is 1. The van der Waals surface area contributed by atoms with Gasteiger partial charge < -0.3 is 30.2 Å². The zero-order valence-electron chi connectivity index (χ0n) is 8.42. The van der Waals surface area contributed by atoms with E-state index in [0.29, 0.717) is 4.90 Å². The van der Waals surface area contributed by atoms with Gasteiger partial charge in [-0.3, -0.25) is 13.9 Å². The molecule has 0 aromatic heterocycles. The highest BCUT2D eigenvalue weighted by atomic mass is 31.2. The molecule has 0 fully saturated rings. The molecule has 6 N–H and O–H groups in total. The standard InChI is InChI=1S/C5H14N2O7P2/c1-4(6)5(8)7(2-15(9,10)11)3-16(12,13)14/h4H,2-3,6H2,1H3,(H2,9,10,11)(H2,12,13,14)/t4-/m0/s1. The molecule has 0 saturated carbocycles. The van der Waals surface area contributed by atoms with E-state index in [9.17, 15) is 13.9 Å². The fourth-order valence-electron chi connectivity index (χ4n) is 0.917. The van der Waals surface area contributed by atoms with Crippen LogP contribution in [0.3, 0.4) is 0 Å². The third-order valence-electron chi connectivity index (χ3n) is 1.41. The molecule has 0 unspecified atom stereocenters. The van der Waals surface area contributed by atoms with E-state index < -0.39 is 39.7 Å². The molecule has 0 heterocycles. The molecular weight excluding hydrogens is 262 g/mol. The van der Waals surface area contributed by atoms with Gasteiger partial charge in [0.25, 0.3) is 0 Å². The Morgan fingerprint density at radius 3 is 1.69 bits per heavy atom. The maximum absolute atomic E-state index is 11.3. The lowest BCUT2D eigenvalue weighted by Crippen LogP contribution is -2.42. The third kappa shape index (κ3) is 7.08. The Morgan fingerprint density at radius 1 is 1.19 bits per heavy atom. The normalized spacial score (nSPS) is 14.6. The summed E-state index contributed by atoms with van der Waals surface area (Å²) in [5.74, 6) is -0.938. The lowest BCUT2D eigenvalue weighted by molar-refractivity contribution is -0.130. The van der Waals surface area contributed by atoms with Crippen LogP contribution in [0.2, 0.25) is 0 Å². The van der Waals surface area contributed by atoms with Gasteiger partial charge in [-0.15, -0.1) is 0 Å². The van der Waals surface area contributed by atoms with Gasteiger partial charge in [-0.2, -0.15) is 0 Å². The van der Waals surface area contributed by atoms with Gasteiger partial charge in [-0.1, -0.05) is 0 Å². The fraction of sp³-hybridized carbons (Fsp3) is 0.800. The van der Waals surface area contributed by atoms with E-state index in [1.54, 1.807) is 0 Å². The van der Waals surface area contributed by atoms with Crippen molar-refractivity contribution in [2.75, 3.05) is 12.6 Å². The molecule has 0 saturated heterocycles. The van der Waals surface area contributed by atoms with Crippen molar-refractivity contribution in [1.29, 1.82) is 0 Å². The van der Waals surface area contributed by atoms with Crippen molar-refractivity contribution in [3.63, 3.8) is 0 Å². The van der Waals surface area contributed by atoms with Gasteiger partial charge in [0.2, 0.25) is 5.91 Å². The molecule has 0 aromatic carbocycles. The predicted molar refractivity (Wildman–Crippen MR) is 54.3 cm³/mol. The fourth-order valence-corrected chi connectivity index (χ4v) is 2.44. The van der Waals surface area contributed by atoms with Crippen LogP contribution in [-0.2, 0) is 13.9 Å². The molecule has 0 aliphatic heterocycles. The number of nitrogens with zero attached hydrogens (tertiary/aromatic N) is 1. The van der Waals surface area contributed by atoms with Gasteiger partial charge >= 0.3 is 15.2 Å². The zero-order valence-corrected chi connectivity index (χ0v) is 10.2. The Balaban J connectivity index is 4.85. The molecule has 0 bridgehead atoms. The summed E-state index contributed by atoms with van der Waals surface area (Å²) in [6.07, 6.45) is -2.14. The molecule has 11 heteroatoms. The first-order valence-corrected chi connectivity index (χ1v) is 7.65. The highest BCUT2D eigenvalue weighted by Crippen LogP contribution is 2.40. The van der Waals surface area contributed by atoms with Crippen molar-refractivity contribution in [2.45, 2.75) is 13.0 Å². The maximum atomic E-state index is 11.3. The minimum absolute atomic E-state index is 0.367. The van der Waals surface area contributed by atoms with Gasteiger partial charge in [0.05, 0.1) is 6.04 Å². The summed E-state index contributed by atoms with van der Waals surface area (Å²) in [4.78, 5) is 46.2. The van der Waals surface area contributed by atoms with Crippen LogP contribution in [0.25, 0.3) is 0 Å². The highest BCUT2D eigenvalue weighted by molar-refractivity contribution is 7.52. The molecule has 0 radical (unpaired) electrons. The molecule has 96 valence electrons. The van der Waals surface area contributed by atoms with Crippen LogP contribution in [0.4, 0.5) is 0 Å². The van der Waals surface area contributed by atoms with E-state index in [-0.39, 0.29) is 0 Å². The lowest BCUT2D eigenvalue weighted by Gasteiger charge is -2.24. The van der Waals surface area contributed by atoms with E-state index in [4.69, 9.17) is 25.3 Å². The Bertz CT molecular complexity index is 321. The second-order valence-electron chi connectivity index (χ2n) is 3.28. The Hall–Kier alpha value is -0.270. The molecule has 0 aromatic rings. The smallest absolute Gasteiger partial charge is 0.323 e. The minimum Gasteiger partial charge on any atom is -0.323 e. The van der Waals surface area contributed by atoms with Crippen molar-refractivity contribution in [3.8, 4) is 0 Å². The molecular formula is C5H14N2O7P2. The van der Waals surface area contributed by atoms with Crippen LogP contribution in [0.5, 0.6) is 0 Å². The summed E-state index contributed by atoms with van der Waals surface area (Å²) >= 11 is 0. The first kappa shape index (κ1) is 15.7. The Morgan fingerprint density at radius 2 is 1.50 bits per heavy atom. The molecule has 0 rings (SSSR count). The van der Waals surface area contributed by atoms with Crippen LogP contribution in [0, 0.1) is 0 Å². The largest absolute Gasteiger partial charge is 0.344 e. The van der Waals surface area contributed by atoms with Crippen LogP contribution in [-0.4, -0.2) is 49.0 Å². The van der Waals surface area contributed by atoms with Crippen molar-refractivity contribution >= 4 is 21.1 Å². The topological polar surface area (TPSA) is 161 Å². The van der Waals surface area contributed by atoms with Gasteiger partial charge in [-0.05, 0) is 6.92 Å². The zero-order chi connectivity index (χ0) is 13.1. The monoisotopic (exact) mass is 276 g/mol.